The lowest BCUT2D eigenvalue weighted by molar-refractivity contribution is -0.143. The Hall–Kier alpha value is -1.46. The van der Waals surface area contributed by atoms with Gasteiger partial charge in [0.15, 0.2) is 0 Å². The monoisotopic (exact) mass is 358 g/mol. The van der Waals surface area contributed by atoms with Gasteiger partial charge in [0.1, 0.15) is 0 Å². The highest BCUT2D eigenvalue weighted by molar-refractivity contribution is 6.33. The zero-order valence-electron chi connectivity index (χ0n) is 13.1. The highest BCUT2D eigenvalue weighted by Gasteiger charge is 2.32. The topological polar surface area (TPSA) is 69.6 Å². The van der Waals surface area contributed by atoms with Gasteiger partial charge in [-0.3, -0.25) is 4.79 Å². The van der Waals surface area contributed by atoms with Crippen LogP contribution in [0.5, 0.6) is 0 Å². The number of benzene rings is 1. The van der Waals surface area contributed by atoms with E-state index in [0.29, 0.717) is 23.0 Å². The average molecular weight is 359 g/mol. The number of aliphatic carboxylic acids is 1. The number of hydrogen-bond donors (Lipinski definition) is 2. The number of carbonyl (C=O) groups excluding carboxylic acids is 1. The maximum Gasteiger partial charge on any atom is 0.317 e. The van der Waals surface area contributed by atoms with Crippen LogP contribution in [0.4, 0.5) is 4.79 Å². The summed E-state index contributed by atoms with van der Waals surface area (Å²) in [7, 11) is 0. The molecule has 5 nitrogen and oxygen atoms in total. The Labute approximate surface area is 145 Å². The van der Waals surface area contributed by atoms with Crippen LogP contribution in [0.2, 0.25) is 10.0 Å². The highest BCUT2D eigenvalue weighted by Crippen LogP contribution is 2.27. The molecule has 23 heavy (non-hydrogen) atoms. The predicted molar refractivity (Wildman–Crippen MR) is 89.9 cm³/mol. The Kier molecular flexibility index (Phi) is 5.76. The Balaban J connectivity index is 2.05. The minimum atomic E-state index is -0.861. The van der Waals surface area contributed by atoms with Gasteiger partial charge in [-0.05, 0) is 43.0 Å². The standard InChI is InChI=1S/C16H20Cl2N2O3/c1-9-5-11(15(21)22)8-20(7-9)16(23)19-10(2)13-6-12(17)3-4-14(13)18/h3-4,6,9-11H,5,7-8H2,1-2H3,(H,19,23)(H,21,22)/t9?,10-,11?/m1/s1. The molecule has 1 aliphatic rings. The molecule has 1 aromatic carbocycles. The van der Waals surface area contributed by atoms with E-state index in [1.807, 2.05) is 13.8 Å². The molecule has 7 heteroatoms. The number of carboxylic acid groups (broad SMARTS) is 1. The number of carboxylic acids is 1. The summed E-state index contributed by atoms with van der Waals surface area (Å²) >= 11 is 12.1. The molecular weight excluding hydrogens is 339 g/mol. The van der Waals surface area contributed by atoms with Crippen LogP contribution in [0.15, 0.2) is 18.2 Å². The number of hydrogen-bond acceptors (Lipinski definition) is 2. The first kappa shape index (κ1) is 17.9. The van der Waals surface area contributed by atoms with Crippen LogP contribution in [-0.4, -0.2) is 35.1 Å². The molecule has 0 bridgehead atoms. The number of likely N-dealkylation sites (tertiary alicyclic amines) is 1. The van der Waals surface area contributed by atoms with Crippen molar-refractivity contribution < 1.29 is 14.7 Å². The molecule has 2 amide bonds. The van der Waals surface area contributed by atoms with E-state index in [4.69, 9.17) is 23.2 Å². The van der Waals surface area contributed by atoms with Gasteiger partial charge in [-0.15, -0.1) is 0 Å². The van der Waals surface area contributed by atoms with E-state index in [2.05, 4.69) is 5.32 Å². The lowest BCUT2D eigenvalue weighted by Crippen LogP contribution is -2.49. The number of amides is 2. The lowest BCUT2D eigenvalue weighted by atomic mass is 9.91. The fourth-order valence-electron chi connectivity index (χ4n) is 2.90. The zero-order valence-corrected chi connectivity index (χ0v) is 14.6. The summed E-state index contributed by atoms with van der Waals surface area (Å²) in [6.07, 6.45) is 0.592. The van der Waals surface area contributed by atoms with Crippen molar-refractivity contribution in [3.8, 4) is 0 Å². The number of nitrogens with zero attached hydrogens (tertiary/aromatic N) is 1. The molecule has 2 rings (SSSR count). The van der Waals surface area contributed by atoms with Gasteiger partial charge in [0.2, 0.25) is 0 Å². The van der Waals surface area contributed by atoms with E-state index in [0.717, 1.165) is 5.56 Å². The Morgan fingerprint density at radius 3 is 2.70 bits per heavy atom. The smallest absolute Gasteiger partial charge is 0.317 e. The zero-order chi connectivity index (χ0) is 17.1. The fourth-order valence-corrected chi connectivity index (χ4v) is 3.36. The van der Waals surface area contributed by atoms with Crippen LogP contribution in [0, 0.1) is 11.8 Å². The first-order valence-electron chi connectivity index (χ1n) is 7.51. The van der Waals surface area contributed by atoms with Crippen molar-refractivity contribution in [2.24, 2.45) is 11.8 Å². The van der Waals surface area contributed by atoms with Crippen molar-refractivity contribution in [2.45, 2.75) is 26.3 Å². The maximum atomic E-state index is 12.4. The van der Waals surface area contributed by atoms with Crippen LogP contribution in [0.1, 0.15) is 31.9 Å². The van der Waals surface area contributed by atoms with Crippen molar-refractivity contribution >= 4 is 35.2 Å². The first-order chi connectivity index (χ1) is 10.8. The van der Waals surface area contributed by atoms with Crippen LogP contribution >= 0.6 is 23.2 Å². The number of halogens is 2. The average Bonchev–Trinajstić information content (AvgIpc) is 2.48. The maximum absolute atomic E-state index is 12.4. The molecule has 1 aliphatic heterocycles. The summed E-state index contributed by atoms with van der Waals surface area (Å²) in [5, 5.41) is 13.1. The van der Waals surface area contributed by atoms with Crippen LogP contribution in [0.3, 0.4) is 0 Å². The molecule has 1 fully saturated rings. The van der Waals surface area contributed by atoms with E-state index >= 15 is 0 Å². The summed E-state index contributed by atoms with van der Waals surface area (Å²) < 4.78 is 0. The minimum absolute atomic E-state index is 0.153. The van der Waals surface area contributed by atoms with Crippen LogP contribution in [-0.2, 0) is 4.79 Å². The molecule has 2 unspecified atom stereocenters. The molecular formula is C16H20Cl2N2O3. The third-order valence-corrected chi connectivity index (χ3v) is 4.64. The fraction of sp³-hybridized carbons (Fsp3) is 0.500. The molecule has 0 spiro atoms. The normalized spacial score (nSPS) is 22.5. The minimum Gasteiger partial charge on any atom is -0.481 e. The van der Waals surface area contributed by atoms with E-state index in [1.54, 1.807) is 23.1 Å². The second kappa shape index (κ2) is 7.41. The van der Waals surface area contributed by atoms with Gasteiger partial charge in [-0.2, -0.15) is 0 Å². The van der Waals surface area contributed by atoms with Gasteiger partial charge < -0.3 is 15.3 Å². The molecule has 0 aromatic heterocycles. The largest absolute Gasteiger partial charge is 0.481 e. The predicted octanol–water partition coefficient (Wildman–Crippen LogP) is 3.81. The number of rotatable bonds is 3. The molecule has 0 radical (unpaired) electrons. The van der Waals surface area contributed by atoms with E-state index in [9.17, 15) is 14.7 Å². The molecule has 3 atom stereocenters. The Bertz CT molecular complexity index is 609. The summed E-state index contributed by atoms with van der Waals surface area (Å²) in [6, 6.07) is 4.48. The summed E-state index contributed by atoms with van der Waals surface area (Å²) in [5.74, 6) is -1.23. The van der Waals surface area contributed by atoms with Gasteiger partial charge in [0, 0.05) is 23.1 Å². The van der Waals surface area contributed by atoms with Crippen molar-refractivity contribution in [2.75, 3.05) is 13.1 Å². The highest BCUT2D eigenvalue weighted by atomic mass is 35.5. The molecule has 1 heterocycles. The molecule has 126 valence electrons. The SMILES string of the molecule is CC1CC(C(=O)O)CN(C(=O)N[C@H](C)c2cc(Cl)ccc2Cl)C1. The Morgan fingerprint density at radius 2 is 2.04 bits per heavy atom. The van der Waals surface area contributed by atoms with E-state index < -0.39 is 11.9 Å². The number of nitrogens with one attached hydrogen (secondary N) is 1. The van der Waals surface area contributed by atoms with Crippen LogP contribution in [0.25, 0.3) is 0 Å². The van der Waals surface area contributed by atoms with E-state index in [1.165, 1.54) is 0 Å². The molecule has 0 saturated carbocycles. The third kappa shape index (κ3) is 4.52. The Morgan fingerprint density at radius 1 is 1.35 bits per heavy atom. The molecule has 2 N–H and O–H groups in total. The second-order valence-electron chi connectivity index (χ2n) is 6.12. The van der Waals surface area contributed by atoms with Crippen molar-refractivity contribution in [3.05, 3.63) is 33.8 Å². The summed E-state index contributed by atoms with van der Waals surface area (Å²) in [4.78, 5) is 25.2. The van der Waals surface area contributed by atoms with Crippen molar-refractivity contribution in [3.63, 3.8) is 0 Å². The van der Waals surface area contributed by atoms with Crippen molar-refractivity contribution in [1.29, 1.82) is 0 Å². The van der Waals surface area contributed by atoms with E-state index in [-0.39, 0.29) is 24.5 Å². The van der Waals surface area contributed by atoms with Crippen LogP contribution < -0.4 is 5.32 Å². The van der Waals surface area contributed by atoms with Gasteiger partial charge in [-0.1, -0.05) is 30.1 Å². The number of piperidine rings is 1. The van der Waals surface area contributed by atoms with Crippen molar-refractivity contribution in [1.82, 2.24) is 10.2 Å². The molecule has 0 aliphatic carbocycles. The third-order valence-electron chi connectivity index (χ3n) is 4.06. The molecule has 1 aromatic rings. The quantitative estimate of drug-likeness (QED) is 0.862. The second-order valence-corrected chi connectivity index (χ2v) is 6.96. The number of urea groups is 1. The first-order valence-corrected chi connectivity index (χ1v) is 8.26. The number of carbonyl (C=O) groups is 2. The van der Waals surface area contributed by atoms with Gasteiger partial charge >= 0.3 is 12.0 Å². The summed E-state index contributed by atoms with van der Waals surface area (Å²) in [5.41, 5.74) is 0.729. The van der Waals surface area contributed by atoms with Gasteiger partial charge in [0.25, 0.3) is 0 Å². The summed E-state index contributed by atoms with van der Waals surface area (Å²) in [6.45, 7) is 4.54. The molecule has 1 saturated heterocycles. The lowest BCUT2D eigenvalue weighted by Gasteiger charge is -2.35. The van der Waals surface area contributed by atoms with Gasteiger partial charge in [0.05, 0.1) is 12.0 Å². The van der Waals surface area contributed by atoms with Gasteiger partial charge in [-0.25, -0.2) is 4.79 Å².